The van der Waals surface area contributed by atoms with Gasteiger partial charge in [0.15, 0.2) is 0 Å². The van der Waals surface area contributed by atoms with Crippen LogP contribution in [0.3, 0.4) is 0 Å². The predicted molar refractivity (Wildman–Crippen MR) is 129 cm³/mol. The van der Waals surface area contributed by atoms with Crippen molar-refractivity contribution in [2.75, 3.05) is 30.4 Å². The second-order valence-corrected chi connectivity index (χ2v) is 11.6. The number of benzene rings is 2. The van der Waals surface area contributed by atoms with Crippen molar-refractivity contribution in [1.29, 1.82) is 0 Å². The van der Waals surface area contributed by atoms with Crippen molar-refractivity contribution in [3.05, 3.63) is 53.1 Å². The first kappa shape index (κ1) is 23.4. The molecule has 2 aliphatic heterocycles. The number of sulfonamides is 1. The molecule has 0 radical (unpaired) electrons. The van der Waals surface area contributed by atoms with Crippen LogP contribution in [-0.4, -0.2) is 44.7 Å². The minimum absolute atomic E-state index is 0.0531. The van der Waals surface area contributed by atoms with Crippen LogP contribution in [-0.2, 0) is 25.0 Å². The molecule has 4 rings (SSSR count). The smallest absolute Gasteiger partial charge is 0.243 e. The van der Waals surface area contributed by atoms with Gasteiger partial charge in [-0.15, -0.1) is 0 Å². The van der Waals surface area contributed by atoms with Gasteiger partial charge in [-0.05, 0) is 87.6 Å². The fourth-order valence-electron chi connectivity index (χ4n) is 4.68. The molecule has 2 aromatic carbocycles. The Balaban J connectivity index is 1.45. The lowest BCUT2D eigenvalue weighted by Crippen LogP contribution is -2.41. The molecular formula is C25H31N3O4S. The van der Waals surface area contributed by atoms with Gasteiger partial charge < -0.3 is 10.2 Å². The molecule has 1 fully saturated rings. The molecule has 2 aliphatic rings. The molecule has 8 heteroatoms. The Labute approximate surface area is 195 Å². The number of anilines is 2. The number of fused-ring (bicyclic) bond motifs is 1. The normalized spacial score (nSPS) is 18.9. The van der Waals surface area contributed by atoms with E-state index in [1.54, 1.807) is 30.1 Å². The number of piperidine rings is 1. The number of hydrogen-bond donors (Lipinski definition) is 1. The van der Waals surface area contributed by atoms with E-state index < -0.39 is 15.4 Å². The van der Waals surface area contributed by atoms with Gasteiger partial charge in [0.2, 0.25) is 21.8 Å². The average molecular weight is 470 g/mol. The van der Waals surface area contributed by atoms with Crippen LogP contribution in [0.15, 0.2) is 41.3 Å². The Morgan fingerprint density at radius 2 is 1.70 bits per heavy atom. The summed E-state index contributed by atoms with van der Waals surface area (Å²) in [6, 6.07) is 10.7. The van der Waals surface area contributed by atoms with Crippen LogP contribution in [0.5, 0.6) is 0 Å². The molecule has 176 valence electrons. The predicted octanol–water partition coefficient (Wildman–Crippen LogP) is 3.60. The summed E-state index contributed by atoms with van der Waals surface area (Å²) >= 11 is 0. The molecule has 0 atom stereocenters. The zero-order chi connectivity index (χ0) is 24.1. The number of aryl methyl sites for hydroxylation is 2. The maximum absolute atomic E-state index is 13.3. The van der Waals surface area contributed by atoms with E-state index >= 15 is 0 Å². The summed E-state index contributed by atoms with van der Waals surface area (Å²) in [4.78, 5) is 27.0. The van der Waals surface area contributed by atoms with Crippen molar-refractivity contribution in [1.82, 2.24) is 4.31 Å². The van der Waals surface area contributed by atoms with Gasteiger partial charge in [0.05, 0.1) is 10.3 Å². The van der Waals surface area contributed by atoms with Gasteiger partial charge in [-0.3, -0.25) is 9.59 Å². The van der Waals surface area contributed by atoms with E-state index in [2.05, 4.69) is 5.32 Å². The van der Waals surface area contributed by atoms with Crippen LogP contribution in [0.4, 0.5) is 11.4 Å². The van der Waals surface area contributed by atoms with E-state index in [1.807, 2.05) is 45.9 Å². The fourth-order valence-corrected chi connectivity index (χ4v) is 6.18. The van der Waals surface area contributed by atoms with Crippen LogP contribution in [0.2, 0.25) is 0 Å². The summed E-state index contributed by atoms with van der Waals surface area (Å²) < 4.78 is 28.1. The molecule has 0 saturated carbocycles. The Morgan fingerprint density at radius 3 is 2.33 bits per heavy atom. The van der Waals surface area contributed by atoms with Gasteiger partial charge in [-0.25, -0.2) is 8.42 Å². The molecule has 33 heavy (non-hydrogen) atoms. The maximum Gasteiger partial charge on any atom is 0.243 e. The average Bonchev–Trinajstić information content (AvgIpc) is 2.96. The number of nitrogens with one attached hydrogen (secondary N) is 1. The molecule has 0 spiro atoms. The first-order valence-corrected chi connectivity index (χ1v) is 12.7. The van der Waals surface area contributed by atoms with Crippen molar-refractivity contribution in [2.45, 2.75) is 50.8 Å². The highest BCUT2D eigenvalue weighted by atomic mass is 32.2. The topological polar surface area (TPSA) is 86.8 Å². The van der Waals surface area contributed by atoms with Crippen molar-refractivity contribution >= 4 is 33.2 Å². The zero-order valence-corrected chi connectivity index (χ0v) is 20.6. The number of rotatable bonds is 4. The molecule has 0 aliphatic carbocycles. The minimum Gasteiger partial charge on any atom is -0.326 e. The van der Waals surface area contributed by atoms with E-state index in [4.69, 9.17) is 0 Å². The molecule has 1 saturated heterocycles. The molecule has 0 unspecified atom stereocenters. The van der Waals surface area contributed by atoms with Gasteiger partial charge in [-0.2, -0.15) is 4.31 Å². The lowest BCUT2D eigenvalue weighted by atomic mass is 9.86. The number of nitrogens with zero attached hydrogens (tertiary/aromatic N) is 2. The highest BCUT2D eigenvalue weighted by molar-refractivity contribution is 7.89. The van der Waals surface area contributed by atoms with Gasteiger partial charge in [0.1, 0.15) is 0 Å². The third-order valence-electron chi connectivity index (χ3n) is 7.08. The van der Waals surface area contributed by atoms with Crippen molar-refractivity contribution in [3.63, 3.8) is 0 Å². The number of likely N-dealkylation sites (N-methyl/N-ethyl adjacent to an activating group) is 1. The third-order valence-corrected chi connectivity index (χ3v) is 8.97. The molecule has 2 heterocycles. The molecule has 7 nitrogen and oxygen atoms in total. The standard InChI is InChI=1S/C25H31N3O4S/c1-16-6-7-19(14-17(16)2)26-23(29)18-10-12-28(13-11-18)33(31,32)20-8-9-22-21(15-20)25(3,4)24(30)27(22)5/h6-9,14-15,18H,10-13H2,1-5H3,(H,26,29). The van der Waals surface area contributed by atoms with Crippen LogP contribution in [0, 0.1) is 19.8 Å². The zero-order valence-electron chi connectivity index (χ0n) is 19.8. The number of hydrogen-bond acceptors (Lipinski definition) is 4. The Morgan fingerprint density at radius 1 is 1.03 bits per heavy atom. The lowest BCUT2D eigenvalue weighted by molar-refractivity contribution is -0.122. The molecule has 2 amide bonds. The van der Waals surface area contributed by atoms with E-state index in [-0.39, 0.29) is 35.7 Å². The number of amides is 2. The van der Waals surface area contributed by atoms with E-state index in [0.29, 0.717) is 12.8 Å². The molecule has 2 aromatic rings. The van der Waals surface area contributed by atoms with Crippen LogP contribution < -0.4 is 10.2 Å². The summed E-state index contributed by atoms with van der Waals surface area (Å²) in [5, 5.41) is 2.97. The van der Waals surface area contributed by atoms with Crippen molar-refractivity contribution < 1.29 is 18.0 Å². The van der Waals surface area contributed by atoms with Crippen LogP contribution in [0.1, 0.15) is 43.4 Å². The van der Waals surface area contributed by atoms with E-state index in [9.17, 15) is 18.0 Å². The lowest BCUT2D eigenvalue weighted by Gasteiger charge is -2.31. The maximum atomic E-state index is 13.3. The minimum atomic E-state index is -3.72. The first-order chi connectivity index (χ1) is 15.4. The Hall–Kier alpha value is -2.71. The monoisotopic (exact) mass is 469 g/mol. The summed E-state index contributed by atoms with van der Waals surface area (Å²) in [5.74, 6) is -0.359. The third kappa shape index (κ3) is 4.06. The van der Waals surface area contributed by atoms with Crippen molar-refractivity contribution in [3.8, 4) is 0 Å². The Kier molecular flexibility index (Phi) is 5.87. The van der Waals surface area contributed by atoms with Crippen LogP contribution in [0.25, 0.3) is 0 Å². The van der Waals surface area contributed by atoms with Crippen LogP contribution >= 0.6 is 0 Å². The highest BCUT2D eigenvalue weighted by Gasteiger charge is 2.43. The van der Waals surface area contributed by atoms with Crippen molar-refractivity contribution in [2.24, 2.45) is 5.92 Å². The molecule has 0 bridgehead atoms. The first-order valence-electron chi connectivity index (χ1n) is 11.2. The van der Waals surface area contributed by atoms with Gasteiger partial charge in [-0.1, -0.05) is 6.07 Å². The fraction of sp³-hybridized carbons (Fsp3) is 0.440. The summed E-state index contributed by atoms with van der Waals surface area (Å²) in [6.45, 7) is 8.22. The van der Waals surface area contributed by atoms with E-state index in [1.165, 1.54) is 4.31 Å². The van der Waals surface area contributed by atoms with Gasteiger partial charge in [0, 0.05) is 37.4 Å². The SMILES string of the molecule is Cc1ccc(NC(=O)C2CCN(S(=O)(=O)c3ccc4c(c3)C(C)(C)C(=O)N4C)CC2)cc1C. The van der Waals surface area contributed by atoms with E-state index in [0.717, 1.165) is 28.1 Å². The summed E-state index contributed by atoms with van der Waals surface area (Å²) in [6.07, 6.45) is 0.932. The highest BCUT2D eigenvalue weighted by Crippen LogP contribution is 2.42. The Bertz CT molecular complexity index is 1230. The summed E-state index contributed by atoms with van der Waals surface area (Å²) in [5.41, 5.74) is 3.73. The number of carbonyl (C=O) groups excluding carboxylic acids is 2. The largest absolute Gasteiger partial charge is 0.326 e. The molecular weight excluding hydrogens is 438 g/mol. The quantitative estimate of drug-likeness (QED) is 0.741. The number of carbonyl (C=O) groups is 2. The van der Waals surface area contributed by atoms with Gasteiger partial charge in [0.25, 0.3) is 0 Å². The molecule has 0 aromatic heterocycles. The van der Waals surface area contributed by atoms with Gasteiger partial charge >= 0.3 is 0 Å². The molecule has 1 N–H and O–H groups in total. The summed E-state index contributed by atoms with van der Waals surface area (Å²) in [7, 11) is -2.01. The second kappa shape index (κ2) is 8.25. The second-order valence-electron chi connectivity index (χ2n) is 9.63.